The zero-order valence-electron chi connectivity index (χ0n) is 9.85. The van der Waals surface area contributed by atoms with Gasteiger partial charge in [0.2, 0.25) is 0 Å². The second kappa shape index (κ2) is 8.82. The molecular weight excluding hydrogens is 216 g/mol. The normalized spacial score (nSPS) is 16.7. The minimum absolute atomic E-state index is 1.01. The van der Waals surface area contributed by atoms with Gasteiger partial charge in [0.05, 0.1) is 0 Å². The molecule has 0 unspecified atom stereocenters. The van der Waals surface area contributed by atoms with E-state index in [0.29, 0.717) is 0 Å². The first-order chi connectivity index (χ1) is 7.22. The van der Waals surface area contributed by atoms with E-state index < -0.39 is 0 Å². The Bertz CT molecular complexity index is 288. The standard InChI is InChI=1S/C8H11.C5H5.CH2.Ti/c1-6-4-5-7(2)8(6)3;1-2-4-5-3-1;;/h4H2,1-3H3;1-3H,4H2;1H2;/q2*-1;;+2. The van der Waals surface area contributed by atoms with Crippen LogP contribution in [0.2, 0.25) is 0 Å². The summed E-state index contributed by atoms with van der Waals surface area (Å²) in [5, 5.41) is 0. The topological polar surface area (TPSA) is 0 Å². The van der Waals surface area contributed by atoms with Crippen LogP contribution in [0.4, 0.5) is 0 Å². The van der Waals surface area contributed by atoms with Gasteiger partial charge in [-0.15, -0.1) is 19.8 Å². The molecule has 0 aromatic heterocycles. The van der Waals surface area contributed by atoms with Crippen molar-refractivity contribution in [1.82, 2.24) is 0 Å². The van der Waals surface area contributed by atoms with Crippen LogP contribution in [0.3, 0.4) is 0 Å². The zero-order valence-corrected chi connectivity index (χ0v) is 11.4. The molecule has 15 heavy (non-hydrogen) atoms. The van der Waals surface area contributed by atoms with Gasteiger partial charge in [0.15, 0.2) is 0 Å². The number of allylic oxidation sites excluding steroid dienone is 8. The maximum absolute atomic E-state index is 3.26. The summed E-state index contributed by atoms with van der Waals surface area (Å²) < 4.78 is 0. The summed E-state index contributed by atoms with van der Waals surface area (Å²) in [6, 6.07) is 0. The van der Waals surface area contributed by atoms with Gasteiger partial charge < -0.3 is 0 Å². The molecular formula is C14H18Ti. The molecule has 0 aromatic rings. The first-order valence-electron chi connectivity index (χ1n) is 5.03. The van der Waals surface area contributed by atoms with Crippen LogP contribution in [-0.2, 0) is 20.0 Å². The summed E-state index contributed by atoms with van der Waals surface area (Å²) in [4.78, 5) is 3.25. The van der Waals surface area contributed by atoms with Crippen LogP contribution >= 0.6 is 0 Å². The Kier molecular flexibility index (Phi) is 8.55. The molecule has 2 rings (SSSR count). The van der Waals surface area contributed by atoms with Gasteiger partial charge in [0.1, 0.15) is 0 Å². The summed E-state index contributed by atoms with van der Waals surface area (Å²) in [7, 11) is 0. The third kappa shape index (κ3) is 5.86. The van der Waals surface area contributed by atoms with E-state index in [0.717, 1.165) is 12.8 Å². The molecule has 0 aliphatic heterocycles. The SMILES string of the molecule is CC1=[C-]CC(C)=C1C.[C-]1=CC=CC1.[CH2]=[Ti+2]. The van der Waals surface area contributed by atoms with Crippen molar-refractivity contribution in [2.75, 3.05) is 0 Å². The van der Waals surface area contributed by atoms with Crippen LogP contribution < -0.4 is 0 Å². The van der Waals surface area contributed by atoms with Crippen molar-refractivity contribution in [3.8, 4) is 0 Å². The Hall–Kier alpha value is -0.456. The van der Waals surface area contributed by atoms with Crippen molar-refractivity contribution in [3.63, 3.8) is 0 Å². The van der Waals surface area contributed by atoms with Crippen molar-refractivity contribution < 1.29 is 20.0 Å². The quantitative estimate of drug-likeness (QED) is 0.442. The Morgan fingerprint density at radius 3 is 2.07 bits per heavy atom. The van der Waals surface area contributed by atoms with Gasteiger partial charge in [-0.1, -0.05) is 13.8 Å². The van der Waals surface area contributed by atoms with Crippen LogP contribution in [0, 0.1) is 12.2 Å². The maximum atomic E-state index is 3.26. The van der Waals surface area contributed by atoms with E-state index in [4.69, 9.17) is 0 Å². The molecule has 2 aliphatic rings. The van der Waals surface area contributed by atoms with Crippen LogP contribution in [-0.4, -0.2) is 4.82 Å². The Morgan fingerprint density at radius 2 is 1.93 bits per heavy atom. The molecule has 0 spiro atoms. The average molecular weight is 234 g/mol. The molecule has 78 valence electrons. The van der Waals surface area contributed by atoms with Crippen molar-refractivity contribution >= 4 is 4.82 Å². The van der Waals surface area contributed by atoms with E-state index in [1.165, 1.54) is 16.7 Å². The predicted octanol–water partition coefficient (Wildman–Crippen LogP) is 3.75. The number of hydrogen-bond acceptors (Lipinski definition) is 0. The monoisotopic (exact) mass is 234 g/mol. The first-order valence-corrected chi connectivity index (χ1v) is 6.13. The molecule has 0 fully saturated rings. The summed E-state index contributed by atoms with van der Waals surface area (Å²) in [6.45, 7) is 6.44. The van der Waals surface area contributed by atoms with Crippen LogP contribution in [0.5, 0.6) is 0 Å². The van der Waals surface area contributed by atoms with Crippen LogP contribution in [0.1, 0.15) is 33.6 Å². The first kappa shape index (κ1) is 14.5. The molecule has 0 aromatic carbocycles. The van der Waals surface area contributed by atoms with E-state index in [-0.39, 0.29) is 0 Å². The molecule has 0 amide bonds. The molecule has 0 nitrogen and oxygen atoms in total. The molecule has 0 atom stereocenters. The van der Waals surface area contributed by atoms with E-state index in [9.17, 15) is 0 Å². The fourth-order valence-electron chi connectivity index (χ4n) is 1.19. The van der Waals surface area contributed by atoms with Crippen molar-refractivity contribution in [1.29, 1.82) is 0 Å². The van der Waals surface area contributed by atoms with Gasteiger partial charge >= 0.3 is 24.8 Å². The molecule has 0 saturated carbocycles. The van der Waals surface area contributed by atoms with Gasteiger partial charge in [-0.05, 0) is 0 Å². The number of hydrogen-bond donors (Lipinski definition) is 0. The van der Waals surface area contributed by atoms with Crippen molar-refractivity contribution in [3.05, 3.63) is 47.1 Å². The van der Waals surface area contributed by atoms with Crippen molar-refractivity contribution in [2.45, 2.75) is 33.6 Å². The van der Waals surface area contributed by atoms with E-state index in [1.54, 1.807) is 20.0 Å². The molecule has 0 saturated heterocycles. The molecule has 0 heterocycles. The van der Waals surface area contributed by atoms with Crippen LogP contribution in [0.15, 0.2) is 34.9 Å². The van der Waals surface area contributed by atoms with Gasteiger partial charge in [0.25, 0.3) is 0 Å². The van der Waals surface area contributed by atoms with E-state index in [1.807, 2.05) is 12.2 Å². The van der Waals surface area contributed by atoms with E-state index >= 15 is 0 Å². The Labute approximate surface area is 105 Å². The minimum atomic E-state index is 1.01. The molecule has 0 radical (unpaired) electrons. The Morgan fingerprint density at radius 1 is 1.27 bits per heavy atom. The second-order valence-corrected chi connectivity index (χ2v) is 3.39. The Balaban J connectivity index is 0.000000241. The summed E-state index contributed by atoms with van der Waals surface area (Å²) >= 11 is 1.75. The second-order valence-electron chi connectivity index (χ2n) is 3.39. The summed E-state index contributed by atoms with van der Waals surface area (Å²) in [5.41, 5.74) is 4.25. The molecule has 2 aliphatic carbocycles. The molecule has 1 heteroatoms. The van der Waals surface area contributed by atoms with Gasteiger partial charge in [-0.2, -0.15) is 17.2 Å². The van der Waals surface area contributed by atoms with Gasteiger partial charge in [-0.25, -0.2) is 17.7 Å². The third-order valence-corrected chi connectivity index (χ3v) is 2.41. The average Bonchev–Trinajstić information content (AvgIpc) is 2.92. The molecule has 0 bridgehead atoms. The number of rotatable bonds is 0. The zero-order chi connectivity index (χ0) is 11.7. The van der Waals surface area contributed by atoms with Crippen molar-refractivity contribution in [2.24, 2.45) is 0 Å². The van der Waals surface area contributed by atoms with Gasteiger partial charge in [-0.3, -0.25) is 12.2 Å². The molecule has 0 N–H and O–H groups in total. The summed E-state index contributed by atoms with van der Waals surface area (Å²) in [6.07, 6.45) is 14.3. The fourth-order valence-corrected chi connectivity index (χ4v) is 1.19. The fraction of sp³-hybridized carbons (Fsp3) is 0.357. The van der Waals surface area contributed by atoms with Crippen LogP contribution in [0.25, 0.3) is 0 Å². The van der Waals surface area contributed by atoms with Gasteiger partial charge in [0, 0.05) is 0 Å². The summed E-state index contributed by atoms with van der Waals surface area (Å²) in [5.74, 6) is 0. The third-order valence-electron chi connectivity index (χ3n) is 2.41. The van der Waals surface area contributed by atoms with E-state index in [2.05, 4.69) is 43.8 Å². The predicted molar refractivity (Wildman–Crippen MR) is 64.1 cm³/mol.